The van der Waals surface area contributed by atoms with Gasteiger partial charge in [-0.1, -0.05) is 11.6 Å². The first-order valence-corrected chi connectivity index (χ1v) is 14.2. The Morgan fingerprint density at radius 3 is 2.56 bits per heavy atom. The van der Waals surface area contributed by atoms with Crippen LogP contribution < -0.4 is 5.32 Å². The van der Waals surface area contributed by atoms with Crippen molar-refractivity contribution in [2.45, 2.75) is 57.8 Å². The number of likely N-dealkylation sites (tertiary alicyclic amines) is 1. The van der Waals surface area contributed by atoms with Gasteiger partial charge in [0.25, 0.3) is 5.91 Å². The summed E-state index contributed by atoms with van der Waals surface area (Å²) in [6.45, 7) is 7.05. The molecule has 0 radical (unpaired) electrons. The molecule has 2 aliphatic heterocycles. The largest absolute Gasteiger partial charge is 0.465 e. The minimum atomic E-state index is -0.220. The average Bonchev–Trinajstić information content (AvgIpc) is 3.40. The molecule has 4 rings (SSSR count). The van der Waals surface area contributed by atoms with Gasteiger partial charge in [-0.2, -0.15) is 0 Å². The number of piperazine rings is 1. The third-order valence-corrected chi connectivity index (χ3v) is 8.30. The molecule has 2 fully saturated rings. The molecule has 9 nitrogen and oxygen atoms in total. The second kappa shape index (κ2) is 13.2. The number of thiazole rings is 1. The maximum absolute atomic E-state index is 13.0. The van der Waals surface area contributed by atoms with Crippen molar-refractivity contribution in [2.24, 2.45) is 0 Å². The fourth-order valence-electron chi connectivity index (χ4n) is 5.14. The van der Waals surface area contributed by atoms with E-state index in [9.17, 15) is 14.4 Å². The lowest BCUT2D eigenvalue weighted by atomic mass is 9.97. The van der Waals surface area contributed by atoms with Crippen molar-refractivity contribution in [3.63, 3.8) is 0 Å². The Morgan fingerprint density at radius 1 is 1.08 bits per heavy atom. The van der Waals surface area contributed by atoms with E-state index in [1.165, 1.54) is 31.3 Å². The highest BCUT2D eigenvalue weighted by Gasteiger charge is 2.28. The highest BCUT2D eigenvalue weighted by atomic mass is 32.1. The Balaban J connectivity index is 1.18. The maximum Gasteiger partial charge on any atom is 0.320 e. The van der Waals surface area contributed by atoms with Crippen molar-refractivity contribution in [2.75, 3.05) is 59.0 Å². The number of amides is 3. The van der Waals surface area contributed by atoms with E-state index in [4.69, 9.17) is 4.74 Å². The Labute approximate surface area is 217 Å². The van der Waals surface area contributed by atoms with Crippen LogP contribution in [0.4, 0.5) is 4.79 Å². The lowest BCUT2D eigenvalue weighted by Gasteiger charge is -2.33. The molecule has 1 aromatic heterocycles. The molecule has 0 atom stereocenters. The van der Waals surface area contributed by atoms with Crippen LogP contribution in [0.1, 0.15) is 73.3 Å². The molecular weight excluding hydrogens is 478 g/mol. The number of nitrogens with zero attached hydrogens (tertiary/aromatic N) is 4. The first kappa shape index (κ1) is 26.6. The number of hydrogen-bond acceptors (Lipinski definition) is 7. The summed E-state index contributed by atoms with van der Waals surface area (Å²) in [7, 11) is 0. The van der Waals surface area contributed by atoms with Crippen LogP contribution >= 0.6 is 11.3 Å². The first-order valence-electron chi connectivity index (χ1n) is 13.4. The number of carbonyl (C=O) groups excluding carboxylic acids is 3. The van der Waals surface area contributed by atoms with Gasteiger partial charge in [0.2, 0.25) is 0 Å². The number of nitrogens with one attached hydrogen (secondary N) is 1. The standard InChI is InChI=1S/C26H39N5O4S/c1-2-35-23(32)18-29-14-16-30(17-15-29)25(33)22-19-36-24(28-22)21-9-12-31(13-10-21)26(34)27-11-8-20-6-4-3-5-7-20/h6,19,21H,2-5,7-18H2,1H3,(H,27,34). The van der Waals surface area contributed by atoms with Crippen LogP contribution in [0.25, 0.3) is 0 Å². The quantitative estimate of drug-likeness (QED) is 0.420. The van der Waals surface area contributed by atoms with E-state index in [1.54, 1.807) is 18.3 Å². The number of aromatic nitrogens is 1. The summed E-state index contributed by atoms with van der Waals surface area (Å²) < 4.78 is 5.01. The SMILES string of the molecule is CCOC(=O)CN1CCN(C(=O)c2csc(C3CCN(C(=O)NCCC4=CCCCC4)CC3)n2)CC1. The van der Waals surface area contributed by atoms with Gasteiger partial charge in [-0.05, 0) is 51.9 Å². The van der Waals surface area contributed by atoms with Crippen LogP contribution in [-0.2, 0) is 9.53 Å². The monoisotopic (exact) mass is 517 g/mol. The summed E-state index contributed by atoms with van der Waals surface area (Å²) in [6.07, 6.45) is 9.93. The summed E-state index contributed by atoms with van der Waals surface area (Å²) in [5.74, 6) is 0.0228. The van der Waals surface area contributed by atoms with Gasteiger partial charge in [0.1, 0.15) is 5.69 Å². The maximum atomic E-state index is 13.0. The number of allylic oxidation sites excluding steroid dienone is 1. The van der Waals surface area contributed by atoms with Crippen LogP contribution in [0.15, 0.2) is 17.0 Å². The summed E-state index contributed by atoms with van der Waals surface area (Å²) in [4.78, 5) is 47.7. The topological polar surface area (TPSA) is 95.1 Å². The molecule has 0 saturated carbocycles. The van der Waals surface area contributed by atoms with Crippen LogP contribution in [0.3, 0.4) is 0 Å². The molecule has 2 saturated heterocycles. The minimum Gasteiger partial charge on any atom is -0.465 e. The molecule has 0 aromatic carbocycles. The predicted molar refractivity (Wildman–Crippen MR) is 139 cm³/mol. The van der Waals surface area contributed by atoms with Crippen LogP contribution in [0, 0.1) is 0 Å². The van der Waals surface area contributed by atoms with Gasteiger partial charge in [0.15, 0.2) is 0 Å². The minimum absolute atomic E-state index is 0.0296. The molecule has 36 heavy (non-hydrogen) atoms. The van der Waals surface area contributed by atoms with Gasteiger partial charge in [-0.15, -0.1) is 11.3 Å². The second-order valence-electron chi connectivity index (χ2n) is 9.80. The summed E-state index contributed by atoms with van der Waals surface area (Å²) in [5, 5.41) is 5.94. The Kier molecular flexibility index (Phi) is 9.75. The van der Waals surface area contributed by atoms with E-state index in [0.29, 0.717) is 58.1 Å². The molecule has 1 aliphatic carbocycles. The molecule has 10 heteroatoms. The fourth-order valence-corrected chi connectivity index (χ4v) is 6.10. The van der Waals surface area contributed by atoms with Crippen molar-refractivity contribution < 1.29 is 19.1 Å². The molecule has 0 unspecified atom stereocenters. The Hall–Kier alpha value is -2.46. The van der Waals surface area contributed by atoms with Gasteiger partial charge < -0.3 is 19.9 Å². The summed E-state index contributed by atoms with van der Waals surface area (Å²) in [6, 6.07) is 0.0296. The summed E-state index contributed by atoms with van der Waals surface area (Å²) >= 11 is 1.55. The van der Waals surface area contributed by atoms with Crippen LogP contribution in [0.5, 0.6) is 0 Å². The van der Waals surface area contributed by atoms with Gasteiger partial charge in [0.05, 0.1) is 18.2 Å². The van der Waals surface area contributed by atoms with E-state index in [1.807, 2.05) is 20.1 Å². The van der Waals surface area contributed by atoms with Crippen molar-refractivity contribution >= 4 is 29.2 Å². The van der Waals surface area contributed by atoms with Crippen molar-refractivity contribution in [1.29, 1.82) is 0 Å². The van der Waals surface area contributed by atoms with E-state index < -0.39 is 0 Å². The molecule has 3 aliphatic rings. The molecule has 1 N–H and O–H groups in total. The summed E-state index contributed by atoms with van der Waals surface area (Å²) in [5.41, 5.74) is 1.99. The van der Waals surface area contributed by atoms with E-state index >= 15 is 0 Å². The van der Waals surface area contributed by atoms with Gasteiger partial charge in [-0.25, -0.2) is 9.78 Å². The number of carbonyl (C=O) groups is 3. The van der Waals surface area contributed by atoms with Crippen LogP contribution in [-0.4, -0.2) is 96.6 Å². The molecule has 0 bridgehead atoms. The van der Waals surface area contributed by atoms with E-state index in [0.717, 1.165) is 24.3 Å². The molecular formula is C26H39N5O4S. The molecule has 0 spiro atoms. The fraction of sp³-hybridized carbons (Fsp3) is 0.692. The molecule has 1 aromatic rings. The van der Waals surface area contributed by atoms with Crippen molar-refractivity contribution in [3.05, 3.63) is 27.7 Å². The lowest BCUT2D eigenvalue weighted by Crippen LogP contribution is -2.50. The Morgan fingerprint density at radius 2 is 1.86 bits per heavy atom. The highest BCUT2D eigenvalue weighted by molar-refractivity contribution is 7.09. The number of ether oxygens (including phenoxy) is 1. The zero-order valence-electron chi connectivity index (χ0n) is 21.4. The number of hydrogen-bond donors (Lipinski definition) is 1. The van der Waals surface area contributed by atoms with Crippen molar-refractivity contribution in [3.8, 4) is 0 Å². The molecule has 3 heterocycles. The van der Waals surface area contributed by atoms with Gasteiger partial charge in [0, 0.05) is 57.1 Å². The third-order valence-electron chi connectivity index (χ3n) is 7.30. The first-order chi connectivity index (χ1) is 17.5. The van der Waals surface area contributed by atoms with E-state index in [-0.39, 0.29) is 30.4 Å². The number of piperidine rings is 1. The molecule has 198 valence electrons. The molecule has 3 amide bonds. The predicted octanol–water partition coefficient (Wildman–Crippen LogP) is 3.24. The average molecular weight is 518 g/mol. The normalized spacial score (nSPS) is 19.6. The lowest BCUT2D eigenvalue weighted by molar-refractivity contribution is -0.144. The van der Waals surface area contributed by atoms with Gasteiger partial charge in [-0.3, -0.25) is 14.5 Å². The zero-order valence-corrected chi connectivity index (χ0v) is 22.2. The number of urea groups is 1. The Bertz CT molecular complexity index is 933. The highest BCUT2D eigenvalue weighted by Crippen LogP contribution is 2.30. The van der Waals surface area contributed by atoms with Crippen LogP contribution in [0.2, 0.25) is 0 Å². The third kappa shape index (κ3) is 7.29. The van der Waals surface area contributed by atoms with Gasteiger partial charge >= 0.3 is 12.0 Å². The smallest absolute Gasteiger partial charge is 0.320 e. The zero-order chi connectivity index (χ0) is 25.3. The number of rotatable bonds is 8. The number of esters is 1. The second-order valence-corrected chi connectivity index (χ2v) is 10.7. The van der Waals surface area contributed by atoms with E-state index in [2.05, 4.69) is 16.4 Å². The van der Waals surface area contributed by atoms with Crippen molar-refractivity contribution in [1.82, 2.24) is 25.0 Å².